The van der Waals surface area contributed by atoms with E-state index in [-0.39, 0.29) is 0 Å². The fraction of sp³-hybridized carbons (Fsp3) is 0.786. The first-order valence-corrected chi connectivity index (χ1v) is 7.56. The van der Waals surface area contributed by atoms with E-state index in [0.717, 1.165) is 6.92 Å². The third kappa shape index (κ3) is 4.73. The van der Waals surface area contributed by atoms with Gasteiger partial charge in [0.2, 0.25) is 0 Å². The monoisotopic (exact) mass is 512 g/mol. The second kappa shape index (κ2) is 8.48. The summed E-state index contributed by atoms with van der Waals surface area (Å²) < 4.78 is 199. The number of rotatable bonds is 9. The predicted octanol–water partition coefficient (Wildman–Crippen LogP) is 5.23. The van der Waals surface area contributed by atoms with Crippen LogP contribution in [-0.2, 0) is 9.53 Å². The number of hydrogen-bond acceptors (Lipinski definition) is 3. The lowest BCUT2D eigenvalue weighted by molar-refractivity contribution is -0.457. The van der Waals surface area contributed by atoms with E-state index in [1.165, 1.54) is 0 Å². The Labute approximate surface area is 167 Å². The van der Waals surface area contributed by atoms with Crippen LogP contribution in [0.15, 0.2) is 12.2 Å². The molecule has 0 aromatic heterocycles. The van der Waals surface area contributed by atoms with Crippen LogP contribution in [0.4, 0.5) is 65.9 Å². The Morgan fingerprint density at radius 3 is 1.47 bits per heavy atom. The summed E-state index contributed by atoms with van der Waals surface area (Å²) in [5.74, 6) is -32.8. The average Bonchev–Trinajstić information content (AvgIpc) is 2.55. The number of hydrogen-bond donors (Lipinski definition) is 1. The zero-order chi connectivity index (χ0) is 26.4. The standard InChI is InChI=1S/C14H11F15O3/c1-5(2)7(31)32-4-6(30)3-8(15,16)10(18,19)12(22,23)11(20,21)9(17,13(24,25)26)14(27,28)29/h6,30H,1,3-4H2,2H3/t6-/m1/s1. The first kappa shape index (κ1) is 30.1. The van der Waals surface area contributed by atoms with Crippen LogP contribution in [0.5, 0.6) is 0 Å². The molecule has 0 aromatic rings. The Balaban J connectivity index is 6.25. The smallest absolute Gasteiger partial charge is 0.438 e. The van der Waals surface area contributed by atoms with Crippen molar-refractivity contribution in [1.82, 2.24) is 0 Å². The lowest BCUT2D eigenvalue weighted by Crippen LogP contribution is -2.75. The molecule has 0 aliphatic carbocycles. The van der Waals surface area contributed by atoms with Crippen LogP contribution in [0.25, 0.3) is 0 Å². The summed E-state index contributed by atoms with van der Waals surface area (Å²) in [5, 5.41) is 9.08. The SMILES string of the molecule is C=C(C)C(=O)OC[C@H](O)CC(F)(F)C(F)(F)C(F)(F)C(F)(F)C(F)(C(F)(F)F)C(F)(F)F. The van der Waals surface area contributed by atoms with Gasteiger partial charge in [0, 0.05) is 12.0 Å². The quantitative estimate of drug-likeness (QED) is 0.262. The second-order valence-corrected chi connectivity index (χ2v) is 6.32. The molecule has 1 atom stereocenters. The highest BCUT2D eigenvalue weighted by Crippen LogP contribution is 2.64. The fourth-order valence-corrected chi connectivity index (χ4v) is 1.94. The number of halogens is 15. The number of aliphatic hydroxyl groups is 1. The average molecular weight is 512 g/mol. The Kier molecular flexibility index (Phi) is 7.98. The molecule has 0 fully saturated rings. The van der Waals surface area contributed by atoms with Gasteiger partial charge in [-0.05, 0) is 6.92 Å². The maximum Gasteiger partial charge on any atom is 0.438 e. The molecule has 0 aliphatic rings. The van der Waals surface area contributed by atoms with Gasteiger partial charge >= 0.3 is 47.7 Å². The van der Waals surface area contributed by atoms with Gasteiger partial charge in [0.1, 0.15) is 6.61 Å². The zero-order valence-electron chi connectivity index (χ0n) is 15.1. The molecule has 32 heavy (non-hydrogen) atoms. The van der Waals surface area contributed by atoms with Crippen molar-refractivity contribution in [1.29, 1.82) is 0 Å². The van der Waals surface area contributed by atoms with Crippen LogP contribution in [0, 0.1) is 0 Å². The highest BCUT2D eigenvalue weighted by atomic mass is 19.4. The molecule has 18 heteroatoms. The number of carbonyl (C=O) groups is 1. The lowest BCUT2D eigenvalue weighted by Gasteiger charge is -2.43. The van der Waals surface area contributed by atoms with Gasteiger partial charge in [-0.15, -0.1) is 0 Å². The molecule has 0 rings (SSSR count). The molecule has 0 radical (unpaired) electrons. The highest BCUT2D eigenvalue weighted by molar-refractivity contribution is 5.86. The predicted molar refractivity (Wildman–Crippen MR) is 72.1 cm³/mol. The molecule has 0 saturated carbocycles. The molecule has 0 spiro atoms. The van der Waals surface area contributed by atoms with E-state index in [2.05, 4.69) is 11.3 Å². The summed E-state index contributed by atoms with van der Waals surface area (Å²) in [6, 6.07) is 0. The lowest BCUT2D eigenvalue weighted by atomic mass is 9.85. The first-order chi connectivity index (χ1) is 13.7. The molecule has 1 N–H and O–H groups in total. The van der Waals surface area contributed by atoms with Crippen molar-refractivity contribution < 1.29 is 80.5 Å². The normalized spacial score (nSPS) is 16.0. The minimum absolute atomic E-state index is 0.459. The van der Waals surface area contributed by atoms with Crippen LogP contribution < -0.4 is 0 Å². The summed E-state index contributed by atoms with van der Waals surface area (Å²) in [7, 11) is 0. The van der Waals surface area contributed by atoms with Crippen molar-refractivity contribution in [3.05, 3.63) is 12.2 Å². The third-order valence-corrected chi connectivity index (χ3v) is 3.71. The van der Waals surface area contributed by atoms with Gasteiger partial charge in [0.15, 0.2) is 0 Å². The number of carbonyl (C=O) groups excluding carboxylic acids is 1. The number of alkyl halides is 15. The Hall–Kier alpha value is -1.88. The van der Waals surface area contributed by atoms with E-state index in [9.17, 15) is 70.7 Å². The molecule has 0 saturated heterocycles. The Bertz CT molecular complexity index is 693. The molecule has 0 bridgehead atoms. The van der Waals surface area contributed by atoms with Gasteiger partial charge in [-0.2, -0.15) is 61.5 Å². The number of ether oxygens (including phenoxy) is 1. The Morgan fingerprint density at radius 1 is 0.781 bits per heavy atom. The van der Waals surface area contributed by atoms with Crippen LogP contribution in [-0.4, -0.2) is 65.5 Å². The zero-order valence-corrected chi connectivity index (χ0v) is 15.1. The molecule has 0 unspecified atom stereocenters. The van der Waals surface area contributed by atoms with Crippen LogP contribution in [0.2, 0.25) is 0 Å². The van der Waals surface area contributed by atoms with E-state index in [4.69, 9.17) is 5.11 Å². The van der Waals surface area contributed by atoms with E-state index >= 15 is 0 Å². The van der Waals surface area contributed by atoms with Crippen molar-refractivity contribution in [3.8, 4) is 0 Å². The maximum absolute atomic E-state index is 13.6. The van der Waals surface area contributed by atoms with E-state index in [1.807, 2.05) is 0 Å². The minimum Gasteiger partial charge on any atom is -0.460 e. The highest BCUT2D eigenvalue weighted by Gasteiger charge is 2.95. The molecule has 0 amide bonds. The van der Waals surface area contributed by atoms with Crippen molar-refractivity contribution in [2.75, 3.05) is 6.61 Å². The van der Waals surface area contributed by atoms with Gasteiger partial charge in [-0.3, -0.25) is 0 Å². The minimum atomic E-state index is -8.53. The topological polar surface area (TPSA) is 46.5 Å². The fourth-order valence-electron chi connectivity index (χ4n) is 1.94. The number of esters is 1. The first-order valence-electron chi connectivity index (χ1n) is 7.56. The van der Waals surface area contributed by atoms with Crippen molar-refractivity contribution >= 4 is 5.97 Å². The van der Waals surface area contributed by atoms with Crippen LogP contribution >= 0.6 is 0 Å². The number of aliphatic hydroxyl groups excluding tert-OH is 1. The molecule has 0 aliphatic heterocycles. The van der Waals surface area contributed by atoms with E-state index in [0.29, 0.717) is 0 Å². The van der Waals surface area contributed by atoms with Gasteiger partial charge in [-0.1, -0.05) is 6.58 Å². The van der Waals surface area contributed by atoms with Crippen molar-refractivity contribution in [2.24, 2.45) is 0 Å². The van der Waals surface area contributed by atoms with Crippen LogP contribution in [0.1, 0.15) is 13.3 Å². The van der Waals surface area contributed by atoms with E-state index in [1.54, 1.807) is 0 Å². The maximum atomic E-state index is 13.6. The molecule has 0 heterocycles. The second-order valence-electron chi connectivity index (χ2n) is 6.32. The van der Waals surface area contributed by atoms with Gasteiger partial charge < -0.3 is 9.84 Å². The van der Waals surface area contributed by atoms with Crippen LogP contribution in [0.3, 0.4) is 0 Å². The molecular formula is C14H11F15O3. The third-order valence-electron chi connectivity index (χ3n) is 3.71. The largest absolute Gasteiger partial charge is 0.460 e. The summed E-state index contributed by atoms with van der Waals surface area (Å²) in [4.78, 5) is 11.0. The summed E-state index contributed by atoms with van der Waals surface area (Å²) >= 11 is 0. The van der Waals surface area contributed by atoms with Crippen molar-refractivity contribution in [2.45, 2.75) is 61.2 Å². The molecule has 190 valence electrons. The summed E-state index contributed by atoms with van der Waals surface area (Å²) in [6.07, 6.45) is -22.1. The van der Waals surface area contributed by atoms with Crippen molar-refractivity contribution in [3.63, 3.8) is 0 Å². The van der Waals surface area contributed by atoms with Gasteiger partial charge in [-0.25, -0.2) is 9.18 Å². The molecule has 0 aromatic carbocycles. The summed E-state index contributed by atoms with van der Waals surface area (Å²) in [6.45, 7) is 2.21. The Morgan fingerprint density at radius 2 is 1.16 bits per heavy atom. The summed E-state index contributed by atoms with van der Waals surface area (Å²) in [5.41, 5.74) is -8.84. The van der Waals surface area contributed by atoms with Gasteiger partial charge in [0.05, 0.1) is 6.10 Å². The molecule has 3 nitrogen and oxygen atoms in total. The van der Waals surface area contributed by atoms with E-state index < -0.39 is 72.4 Å². The van der Waals surface area contributed by atoms with Gasteiger partial charge in [0.25, 0.3) is 0 Å². The molecular weight excluding hydrogens is 501 g/mol.